The van der Waals surface area contributed by atoms with Crippen molar-refractivity contribution in [2.24, 2.45) is 0 Å². The zero-order valence-electron chi connectivity index (χ0n) is 15.1. The molecule has 6 nitrogen and oxygen atoms in total. The lowest BCUT2D eigenvalue weighted by atomic mass is 10.1. The van der Waals surface area contributed by atoms with Crippen molar-refractivity contribution in [3.8, 4) is 5.69 Å². The minimum atomic E-state index is -0.0848. The highest BCUT2D eigenvalue weighted by Crippen LogP contribution is 2.21. The van der Waals surface area contributed by atoms with Gasteiger partial charge in [-0.25, -0.2) is 0 Å². The molecule has 1 aromatic heterocycles. The predicted molar refractivity (Wildman–Crippen MR) is 104 cm³/mol. The third kappa shape index (κ3) is 4.29. The molecule has 0 bridgehead atoms. The maximum Gasteiger partial charge on any atom is 0.234 e. The van der Waals surface area contributed by atoms with Crippen LogP contribution >= 0.6 is 11.8 Å². The zero-order valence-corrected chi connectivity index (χ0v) is 15.9. The highest BCUT2D eigenvalue weighted by Gasteiger charge is 2.13. The van der Waals surface area contributed by atoms with Crippen LogP contribution in [0.1, 0.15) is 23.6 Å². The van der Waals surface area contributed by atoms with Crippen LogP contribution in [0, 0.1) is 13.8 Å². The first-order chi connectivity index (χ1) is 12.6. The molecule has 3 aromatic rings. The van der Waals surface area contributed by atoms with Gasteiger partial charge in [0.15, 0.2) is 0 Å². The van der Waals surface area contributed by atoms with E-state index in [1.165, 1.54) is 22.9 Å². The van der Waals surface area contributed by atoms with E-state index in [1.807, 2.05) is 50.2 Å². The number of thioether (sulfide) groups is 1. The first kappa shape index (κ1) is 18.1. The molecule has 1 N–H and O–H groups in total. The van der Waals surface area contributed by atoms with Crippen molar-refractivity contribution in [2.75, 3.05) is 11.1 Å². The SMILES string of the molecule is CCc1cccc(NC(=O)CSc2nnnn2-c2ccc(C)cc2C)c1. The van der Waals surface area contributed by atoms with Crippen LogP contribution in [0.25, 0.3) is 5.69 Å². The molecule has 26 heavy (non-hydrogen) atoms. The van der Waals surface area contributed by atoms with Gasteiger partial charge in [-0.2, -0.15) is 4.68 Å². The number of tetrazole rings is 1. The second-order valence-electron chi connectivity index (χ2n) is 6.05. The lowest BCUT2D eigenvalue weighted by Crippen LogP contribution is -2.14. The number of rotatable bonds is 6. The second kappa shape index (κ2) is 8.14. The molecule has 0 saturated heterocycles. The van der Waals surface area contributed by atoms with Gasteiger partial charge >= 0.3 is 0 Å². The van der Waals surface area contributed by atoms with Crippen molar-refractivity contribution in [3.05, 3.63) is 59.2 Å². The first-order valence-corrected chi connectivity index (χ1v) is 9.43. The van der Waals surface area contributed by atoms with E-state index in [0.29, 0.717) is 5.16 Å². The molecule has 0 aliphatic heterocycles. The Bertz CT molecular complexity index is 922. The van der Waals surface area contributed by atoms with Gasteiger partial charge in [-0.05, 0) is 60.0 Å². The summed E-state index contributed by atoms with van der Waals surface area (Å²) >= 11 is 1.31. The summed E-state index contributed by atoms with van der Waals surface area (Å²) < 4.78 is 1.67. The Morgan fingerprint density at radius 3 is 2.81 bits per heavy atom. The van der Waals surface area contributed by atoms with E-state index >= 15 is 0 Å². The van der Waals surface area contributed by atoms with Crippen LogP contribution in [-0.2, 0) is 11.2 Å². The normalized spacial score (nSPS) is 10.7. The van der Waals surface area contributed by atoms with Crippen LogP contribution in [-0.4, -0.2) is 31.9 Å². The van der Waals surface area contributed by atoms with E-state index in [1.54, 1.807) is 4.68 Å². The van der Waals surface area contributed by atoms with Gasteiger partial charge in [0, 0.05) is 5.69 Å². The fourth-order valence-electron chi connectivity index (χ4n) is 2.66. The number of nitrogens with one attached hydrogen (secondary N) is 1. The molecule has 1 heterocycles. The first-order valence-electron chi connectivity index (χ1n) is 8.44. The summed E-state index contributed by atoms with van der Waals surface area (Å²) in [6, 6.07) is 14.0. The van der Waals surface area contributed by atoms with Gasteiger partial charge in [-0.3, -0.25) is 4.79 Å². The maximum absolute atomic E-state index is 12.3. The van der Waals surface area contributed by atoms with E-state index < -0.39 is 0 Å². The Labute approximate surface area is 157 Å². The second-order valence-corrected chi connectivity index (χ2v) is 7.00. The molecule has 0 radical (unpaired) electrons. The minimum absolute atomic E-state index is 0.0848. The van der Waals surface area contributed by atoms with E-state index in [2.05, 4.69) is 33.8 Å². The Kier molecular flexibility index (Phi) is 5.68. The van der Waals surface area contributed by atoms with Gasteiger partial charge in [-0.15, -0.1) is 5.10 Å². The lowest BCUT2D eigenvalue weighted by Gasteiger charge is -2.09. The summed E-state index contributed by atoms with van der Waals surface area (Å²) in [5, 5.41) is 15.4. The van der Waals surface area contributed by atoms with E-state index in [9.17, 15) is 4.79 Å². The topological polar surface area (TPSA) is 72.7 Å². The van der Waals surface area contributed by atoms with Crippen molar-refractivity contribution in [3.63, 3.8) is 0 Å². The minimum Gasteiger partial charge on any atom is -0.325 e. The average molecular weight is 367 g/mol. The van der Waals surface area contributed by atoms with Gasteiger partial charge in [0.25, 0.3) is 0 Å². The van der Waals surface area contributed by atoms with Crippen LogP contribution in [0.15, 0.2) is 47.6 Å². The molecular formula is C19H21N5OS. The summed E-state index contributed by atoms with van der Waals surface area (Å²) in [6.07, 6.45) is 0.934. The van der Waals surface area contributed by atoms with E-state index in [0.717, 1.165) is 23.4 Å². The maximum atomic E-state index is 12.3. The fraction of sp³-hybridized carbons (Fsp3) is 0.263. The van der Waals surface area contributed by atoms with E-state index in [-0.39, 0.29) is 11.7 Å². The number of amides is 1. The Morgan fingerprint density at radius 1 is 1.19 bits per heavy atom. The Balaban J connectivity index is 1.67. The number of hydrogen-bond acceptors (Lipinski definition) is 5. The third-order valence-electron chi connectivity index (χ3n) is 3.97. The largest absolute Gasteiger partial charge is 0.325 e. The van der Waals surface area contributed by atoms with Gasteiger partial charge in [0.1, 0.15) is 0 Å². The third-order valence-corrected chi connectivity index (χ3v) is 4.89. The number of carbonyl (C=O) groups excluding carboxylic acids is 1. The standard InChI is InChI=1S/C19H21N5OS/c1-4-15-6-5-7-16(11-15)20-18(25)12-26-19-21-22-23-24(19)17-9-8-13(2)10-14(17)3/h5-11H,4,12H2,1-3H3,(H,20,25). The predicted octanol–water partition coefficient (Wildman–Crippen LogP) is 3.57. The quantitative estimate of drug-likeness (QED) is 0.674. The summed E-state index contributed by atoms with van der Waals surface area (Å²) in [5.41, 5.74) is 5.18. The zero-order chi connectivity index (χ0) is 18.5. The molecule has 7 heteroatoms. The summed E-state index contributed by atoms with van der Waals surface area (Å²) in [7, 11) is 0. The molecule has 0 aliphatic rings. The Morgan fingerprint density at radius 2 is 2.04 bits per heavy atom. The molecule has 134 valence electrons. The number of aryl methyl sites for hydroxylation is 3. The van der Waals surface area contributed by atoms with Crippen molar-refractivity contribution in [1.82, 2.24) is 20.2 Å². The molecule has 0 fully saturated rings. The fourth-order valence-corrected chi connectivity index (χ4v) is 3.34. The van der Waals surface area contributed by atoms with Crippen LogP contribution < -0.4 is 5.32 Å². The number of hydrogen-bond donors (Lipinski definition) is 1. The monoisotopic (exact) mass is 367 g/mol. The molecule has 0 spiro atoms. The van der Waals surface area contributed by atoms with Crippen LogP contribution in [0.2, 0.25) is 0 Å². The van der Waals surface area contributed by atoms with Crippen molar-refractivity contribution >= 4 is 23.4 Å². The summed E-state index contributed by atoms with van der Waals surface area (Å²) in [5.74, 6) is 0.153. The number of aromatic nitrogens is 4. The molecule has 0 atom stereocenters. The Hall–Kier alpha value is -2.67. The van der Waals surface area contributed by atoms with Gasteiger partial charge < -0.3 is 5.32 Å². The smallest absolute Gasteiger partial charge is 0.234 e. The van der Waals surface area contributed by atoms with Crippen molar-refractivity contribution < 1.29 is 4.79 Å². The molecule has 2 aromatic carbocycles. The molecule has 0 unspecified atom stereocenters. The number of benzene rings is 2. The van der Waals surface area contributed by atoms with Crippen LogP contribution in [0.4, 0.5) is 5.69 Å². The van der Waals surface area contributed by atoms with Crippen LogP contribution in [0.3, 0.4) is 0 Å². The van der Waals surface area contributed by atoms with Gasteiger partial charge in [0.05, 0.1) is 11.4 Å². The summed E-state index contributed by atoms with van der Waals surface area (Å²) in [4.78, 5) is 12.3. The number of carbonyl (C=O) groups is 1. The van der Waals surface area contributed by atoms with Crippen molar-refractivity contribution in [2.45, 2.75) is 32.3 Å². The number of anilines is 1. The molecule has 1 amide bonds. The van der Waals surface area contributed by atoms with Gasteiger partial charge in [-0.1, -0.05) is 48.5 Å². The average Bonchev–Trinajstić information content (AvgIpc) is 3.08. The molecular weight excluding hydrogens is 346 g/mol. The highest BCUT2D eigenvalue weighted by molar-refractivity contribution is 7.99. The van der Waals surface area contributed by atoms with Crippen LogP contribution in [0.5, 0.6) is 0 Å². The molecule has 3 rings (SSSR count). The van der Waals surface area contributed by atoms with E-state index in [4.69, 9.17) is 0 Å². The number of nitrogens with zero attached hydrogens (tertiary/aromatic N) is 4. The van der Waals surface area contributed by atoms with Gasteiger partial charge in [0.2, 0.25) is 11.1 Å². The molecule has 0 aliphatic carbocycles. The van der Waals surface area contributed by atoms with Crippen molar-refractivity contribution in [1.29, 1.82) is 0 Å². The summed E-state index contributed by atoms with van der Waals surface area (Å²) in [6.45, 7) is 6.15. The lowest BCUT2D eigenvalue weighted by molar-refractivity contribution is -0.113. The highest BCUT2D eigenvalue weighted by atomic mass is 32.2. The molecule has 0 saturated carbocycles.